The van der Waals surface area contributed by atoms with E-state index in [-0.39, 0.29) is 35.4 Å². The Bertz CT molecular complexity index is 589. The zero-order chi connectivity index (χ0) is 15.4. The number of hydrogen-bond donors (Lipinski definition) is 4. The topological polar surface area (TPSA) is 139 Å². The summed E-state index contributed by atoms with van der Waals surface area (Å²) >= 11 is 0. The molecule has 5 N–H and O–H groups in total. The first-order chi connectivity index (χ1) is 10.0. The molecule has 1 aromatic rings. The summed E-state index contributed by atoms with van der Waals surface area (Å²) in [5, 5.41) is 16.1. The van der Waals surface area contributed by atoms with Gasteiger partial charge in [0.2, 0.25) is 5.91 Å². The van der Waals surface area contributed by atoms with Crippen molar-refractivity contribution in [2.45, 2.75) is 18.9 Å². The zero-order valence-electron chi connectivity index (χ0n) is 11.1. The summed E-state index contributed by atoms with van der Waals surface area (Å²) in [5.41, 5.74) is 2.49. The number of non-ortho nitro benzene ring substituents is 1. The third-order valence-electron chi connectivity index (χ3n) is 3.21. The van der Waals surface area contributed by atoms with Crippen LogP contribution in [-0.2, 0) is 4.79 Å². The van der Waals surface area contributed by atoms with Crippen molar-refractivity contribution in [3.05, 3.63) is 33.9 Å². The van der Waals surface area contributed by atoms with Gasteiger partial charge in [0.15, 0.2) is 0 Å². The van der Waals surface area contributed by atoms with Crippen LogP contribution in [0.1, 0.15) is 23.2 Å². The summed E-state index contributed by atoms with van der Waals surface area (Å²) in [6, 6.07) is 3.65. The molecule has 1 fully saturated rings. The number of carbonyl (C=O) groups is 2. The molecule has 1 aliphatic rings. The van der Waals surface area contributed by atoms with Crippen LogP contribution in [0.15, 0.2) is 18.2 Å². The highest BCUT2D eigenvalue weighted by molar-refractivity contribution is 6.00. The van der Waals surface area contributed by atoms with Crippen LogP contribution in [0.2, 0.25) is 0 Å². The van der Waals surface area contributed by atoms with Crippen LogP contribution in [0, 0.1) is 10.1 Å². The molecule has 1 aromatic carbocycles. The Morgan fingerprint density at radius 3 is 2.86 bits per heavy atom. The number of nitrogen functional groups attached to an aromatic ring is 1. The summed E-state index contributed by atoms with van der Waals surface area (Å²) in [6.45, 7) is 0.261. The van der Waals surface area contributed by atoms with Gasteiger partial charge in [0.1, 0.15) is 0 Å². The normalized spacial score (nSPS) is 17.2. The van der Waals surface area contributed by atoms with E-state index in [4.69, 9.17) is 5.84 Å². The summed E-state index contributed by atoms with van der Waals surface area (Å²) < 4.78 is 0. The Balaban J connectivity index is 2.08. The van der Waals surface area contributed by atoms with Crippen molar-refractivity contribution in [3.63, 3.8) is 0 Å². The fraction of sp³-hybridized carbons (Fsp3) is 0.333. The van der Waals surface area contributed by atoms with Crippen molar-refractivity contribution in [3.8, 4) is 0 Å². The molecular weight excluding hydrogens is 278 g/mol. The van der Waals surface area contributed by atoms with Crippen LogP contribution in [0.25, 0.3) is 0 Å². The smallest absolute Gasteiger partial charge is 0.270 e. The van der Waals surface area contributed by atoms with Gasteiger partial charge < -0.3 is 16.1 Å². The predicted octanol–water partition coefficient (Wildman–Crippen LogP) is -0.111. The number of nitrogens with one attached hydrogen (secondary N) is 3. The lowest BCUT2D eigenvalue weighted by Gasteiger charge is -2.13. The lowest BCUT2D eigenvalue weighted by molar-refractivity contribution is -0.384. The standard InChI is InChI=1S/C12H15N5O4/c13-16-10-3-2-8(17(20)21)5-9(10)12(19)14-6-7-1-4-11(18)15-7/h2-3,5,7,16H,1,4,6,13H2,(H,14,19)(H,15,18). The first kappa shape index (κ1) is 14.7. The molecule has 1 unspecified atom stereocenters. The van der Waals surface area contributed by atoms with E-state index < -0.39 is 10.8 Å². The monoisotopic (exact) mass is 293 g/mol. The molecule has 1 saturated heterocycles. The van der Waals surface area contributed by atoms with Gasteiger partial charge >= 0.3 is 0 Å². The fourth-order valence-corrected chi connectivity index (χ4v) is 2.10. The molecule has 112 valence electrons. The number of nitro groups is 1. The first-order valence-corrected chi connectivity index (χ1v) is 6.34. The second-order valence-corrected chi connectivity index (χ2v) is 4.64. The number of carbonyl (C=O) groups excluding carboxylic acids is 2. The van der Waals surface area contributed by atoms with Crippen LogP contribution < -0.4 is 21.9 Å². The molecular formula is C12H15N5O4. The Hall–Kier alpha value is -2.68. The Morgan fingerprint density at radius 1 is 1.52 bits per heavy atom. The minimum Gasteiger partial charge on any atom is -0.352 e. The van der Waals surface area contributed by atoms with Crippen molar-refractivity contribution in [1.29, 1.82) is 0 Å². The molecule has 9 nitrogen and oxygen atoms in total. The molecule has 0 bridgehead atoms. The van der Waals surface area contributed by atoms with Gasteiger partial charge in [-0.1, -0.05) is 0 Å². The Kier molecular flexibility index (Phi) is 4.33. The first-order valence-electron chi connectivity index (χ1n) is 6.34. The third-order valence-corrected chi connectivity index (χ3v) is 3.21. The molecule has 9 heteroatoms. The van der Waals surface area contributed by atoms with Crippen molar-refractivity contribution >= 4 is 23.2 Å². The number of rotatable bonds is 5. The van der Waals surface area contributed by atoms with E-state index in [2.05, 4.69) is 16.1 Å². The van der Waals surface area contributed by atoms with Crippen molar-refractivity contribution in [2.75, 3.05) is 12.0 Å². The number of nitrogens with two attached hydrogens (primary N) is 1. The molecule has 1 aliphatic heterocycles. The number of hydrogen-bond acceptors (Lipinski definition) is 6. The van der Waals surface area contributed by atoms with Crippen molar-refractivity contribution < 1.29 is 14.5 Å². The number of hydrazine groups is 1. The van der Waals surface area contributed by atoms with E-state index in [1.165, 1.54) is 12.1 Å². The van der Waals surface area contributed by atoms with Gasteiger partial charge in [-0.15, -0.1) is 0 Å². The maximum absolute atomic E-state index is 12.1. The molecule has 2 amide bonds. The minimum absolute atomic E-state index is 0.0473. The zero-order valence-corrected chi connectivity index (χ0v) is 11.1. The van der Waals surface area contributed by atoms with E-state index in [1.807, 2.05) is 0 Å². The average Bonchev–Trinajstić information content (AvgIpc) is 2.89. The molecule has 21 heavy (non-hydrogen) atoms. The van der Waals surface area contributed by atoms with Crippen LogP contribution in [-0.4, -0.2) is 29.3 Å². The molecule has 0 spiro atoms. The van der Waals surface area contributed by atoms with Crippen molar-refractivity contribution in [1.82, 2.24) is 10.6 Å². The minimum atomic E-state index is -0.589. The van der Waals surface area contributed by atoms with E-state index in [9.17, 15) is 19.7 Å². The number of amides is 2. The van der Waals surface area contributed by atoms with Gasteiger partial charge in [-0.05, 0) is 12.5 Å². The number of anilines is 1. The fourth-order valence-electron chi connectivity index (χ4n) is 2.10. The van der Waals surface area contributed by atoms with Gasteiger partial charge in [-0.25, -0.2) is 0 Å². The molecule has 0 radical (unpaired) electrons. The third kappa shape index (κ3) is 3.45. The quantitative estimate of drug-likeness (QED) is 0.339. The van der Waals surface area contributed by atoms with E-state index in [1.54, 1.807) is 0 Å². The molecule has 1 atom stereocenters. The highest BCUT2D eigenvalue weighted by Gasteiger charge is 2.22. The van der Waals surface area contributed by atoms with Crippen LogP contribution in [0.4, 0.5) is 11.4 Å². The second-order valence-electron chi connectivity index (χ2n) is 4.64. The molecule has 1 heterocycles. The van der Waals surface area contributed by atoms with E-state index in [0.29, 0.717) is 12.8 Å². The largest absolute Gasteiger partial charge is 0.352 e. The second kappa shape index (κ2) is 6.18. The van der Waals surface area contributed by atoms with Gasteiger partial charge in [0.25, 0.3) is 11.6 Å². The molecule has 2 rings (SSSR count). The maximum Gasteiger partial charge on any atom is 0.270 e. The number of benzene rings is 1. The van der Waals surface area contributed by atoms with Crippen LogP contribution >= 0.6 is 0 Å². The van der Waals surface area contributed by atoms with Crippen LogP contribution in [0.3, 0.4) is 0 Å². The summed E-state index contributed by atoms with van der Waals surface area (Å²) in [4.78, 5) is 33.3. The lowest BCUT2D eigenvalue weighted by atomic mass is 10.1. The summed E-state index contributed by atoms with van der Waals surface area (Å²) in [6.07, 6.45) is 1.09. The van der Waals surface area contributed by atoms with Gasteiger partial charge in [-0.3, -0.25) is 25.5 Å². The number of nitrogens with zero attached hydrogens (tertiary/aromatic N) is 1. The molecule has 0 saturated carbocycles. The van der Waals surface area contributed by atoms with Crippen molar-refractivity contribution in [2.24, 2.45) is 5.84 Å². The molecule has 0 aliphatic carbocycles. The predicted molar refractivity (Wildman–Crippen MR) is 74.4 cm³/mol. The van der Waals surface area contributed by atoms with Gasteiger partial charge in [-0.2, -0.15) is 0 Å². The highest BCUT2D eigenvalue weighted by atomic mass is 16.6. The summed E-state index contributed by atoms with van der Waals surface area (Å²) in [5.74, 6) is 4.75. The van der Waals surface area contributed by atoms with E-state index >= 15 is 0 Å². The highest BCUT2D eigenvalue weighted by Crippen LogP contribution is 2.21. The number of nitro benzene ring substituents is 1. The Labute approximate surface area is 120 Å². The average molecular weight is 293 g/mol. The van der Waals surface area contributed by atoms with E-state index in [0.717, 1.165) is 6.07 Å². The molecule has 0 aromatic heterocycles. The van der Waals surface area contributed by atoms with Gasteiger partial charge in [0.05, 0.1) is 16.2 Å². The van der Waals surface area contributed by atoms with Gasteiger partial charge in [0, 0.05) is 31.1 Å². The Morgan fingerprint density at radius 2 is 2.29 bits per heavy atom. The SMILES string of the molecule is NNc1ccc([N+](=O)[O-])cc1C(=O)NCC1CCC(=O)N1. The lowest BCUT2D eigenvalue weighted by Crippen LogP contribution is -2.38. The maximum atomic E-state index is 12.1. The van der Waals surface area contributed by atoms with Crippen LogP contribution in [0.5, 0.6) is 0 Å². The summed E-state index contributed by atoms with van der Waals surface area (Å²) in [7, 11) is 0.